The average Bonchev–Trinajstić information content (AvgIpc) is 3.33. The van der Waals surface area contributed by atoms with E-state index in [4.69, 9.17) is 34.8 Å². The number of nitrogens with one attached hydrogen (secondary N) is 2. The summed E-state index contributed by atoms with van der Waals surface area (Å²) in [6.45, 7) is 0. The molecule has 0 aliphatic heterocycles. The first-order chi connectivity index (χ1) is 11.4. The van der Waals surface area contributed by atoms with Gasteiger partial charge in [0.1, 0.15) is 5.41 Å². The van der Waals surface area contributed by atoms with Crippen molar-refractivity contribution in [2.75, 3.05) is 10.6 Å². The van der Waals surface area contributed by atoms with Crippen LogP contribution in [-0.4, -0.2) is 11.8 Å². The van der Waals surface area contributed by atoms with Gasteiger partial charge in [0.15, 0.2) is 0 Å². The summed E-state index contributed by atoms with van der Waals surface area (Å²) >= 11 is 18.0. The first-order valence-electron chi connectivity index (χ1n) is 7.25. The highest BCUT2D eigenvalue weighted by Crippen LogP contribution is 2.48. The molecule has 0 atom stereocenters. The Morgan fingerprint density at radius 3 is 2.04 bits per heavy atom. The predicted molar refractivity (Wildman–Crippen MR) is 96.8 cm³/mol. The van der Waals surface area contributed by atoms with Crippen molar-refractivity contribution in [3.05, 3.63) is 57.5 Å². The van der Waals surface area contributed by atoms with E-state index in [2.05, 4.69) is 10.6 Å². The fraction of sp³-hybridized carbons (Fsp3) is 0.176. The van der Waals surface area contributed by atoms with Crippen LogP contribution in [0.3, 0.4) is 0 Å². The van der Waals surface area contributed by atoms with Gasteiger partial charge in [-0.2, -0.15) is 0 Å². The van der Waals surface area contributed by atoms with E-state index in [1.807, 2.05) is 0 Å². The lowest BCUT2D eigenvalue weighted by molar-refractivity contribution is -0.131. The van der Waals surface area contributed by atoms with Crippen LogP contribution in [-0.2, 0) is 9.59 Å². The van der Waals surface area contributed by atoms with Crippen molar-refractivity contribution < 1.29 is 9.59 Å². The van der Waals surface area contributed by atoms with Gasteiger partial charge in [-0.15, -0.1) is 0 Å². The average molecular weight is 384 g/mol. The lowest BCUT2D eigenvalue weighted by Gasteiger charge is -2.17. The van der Waals surface area contributed by atoms with Crippen LogP contribution in [0.4, 0.5) is 11.4 Å². The van der Waals surface area contributed by atoms with E-state index in [1.165, 1.54) is 0 Å². The summed E-state index contributed by atoms with van der Waals surface area (Å²) in [5.74, 6) is -0.789. The van der Waals surface area contributed by atoms with E-state index >= 15 is 0 Å². The smallest absolute Gasteiger partial charge is 0.240 e. The third-order valence-corrected chi connectivity index (χ3v) is 4.77. The monoisotopic (exact) mass is 382 g/mol. The van der Waals surface area contributed by atoms with Crippen molar-refractivity contribution in [2.24, 2.45) is 5.41 Å². The molecule has 0 saturated heterocycles. The molecule has 1 fully saturated rings. The fourth-order valence-corrected chi connectivity index (χ4v) is 3.03. The molecule has 2 aromatic carbocycles. The van der Waals surface area contributed by atoms with Gasteiger partial charge >= 0.3 is 0 Å². The molecule has 3 rings (SSSR count). The quantitative estimate of drug-likeness (QED) is 0.730. The van der Waals surface area contributed by atoms with Crippen LogP contribution in [0.15, 0.2) is 42.5 Å². The van der Waals surface area contributed by atoms with Crippen LogP contribution >= 0.6 is 34.8 Å². The number of amides is 2. The van der Waals surface area contributed by atoms with E-state index in [9.17, 15) is 9.59 Å². The number of para-hydroxylation sites is 1. The summed E-state index contributed by atoms with van der Waals surface area (Å²) in [4.78, 5) is 25.1. The van der Waals surface area contributed by atoms with Crippen LogP contribution in [0.2, 0.25) is 15.1 Å². The zero-order valence-electron chi connectivity index (χ0n) is 12.4. The first kappa shape index (κ1) is 17.1. The molecular formula is C17H13Cl3N2O2. The molecule has 7 heteroatoms. The van der Waals surface area contributed by atoms with Crippen molar-refractivity contribution in [3.63, 3.8) is 0 Å². The summed E-state index contributed by atoms with van der Waals surface area (Å²) in [5.41, 5.74) is -0.250. The number of halogens is 3. The number of hydrogen-bond acceptors (Lipinski definition) is 2. The van der Waals surface area contributed by atoms with Crippen molar-refractivity contribution in [3.8, 4) is 0 Å². The third kappa shape index (κ3) is 3.36. The molecule has 0 heterocycles. The minimum Gasteiger partial charge on any atom is -0.325 e. The second-order valence-electron chi connectivity index (χ2n) is 5.60. The van der Waals surface area contributed by atoms with Crippen LogP contribution in [0.1, 0.15) is 12.8 Å². The molecule has 1 saturated carbocycles. The van der Waals surface area contributed by atoms with Crippen molar-refractivity contribution in [1.82, 2.24) is 0 Å². The standard InChI is InChI=1S/C17H13Cl3N2O2/c18-10-3-1-4-11(9-10)21-15(23)17(7-8-17)16(24)22-14-12(19)5-2-6-13(14)20/h1-6,9H,7-8H2,(H,21,23)(H,22,24). The molecule has 1 aliphatic rings. The largest absolute Gasteiger partial charge is 0.325 e. The number of rotatable bonds is 4. The van der Waals surface area contributed by atoms with Crippen LogP contribution < -0.4 is 10.6 Å². The Kier molecular flexibility index (Phi) is 4.72. The van der Waals surface area contributed by atoms with Crippen LogP contribution in [0.5, 0.6) is 0 Å². The molecule has 0 bridgehead atoms. The number of benzene rings is 2. The molecule has 1 aliphatic carbocycles. The zero-order chi connectivity index (χ0) is 17.3. The summed E-state index contributed by atoms with van der Waals surface area (Å²) in [5, 5.41) is 6.55. The highest BCUT2D eigenvalue weighted by atomic mass is 35.5. The van der Waals surface area contributed by atoms with Crippen molar-refractivity contribution >= 4 is 58.0 Å². The van der Waals surface area contributed by atoms with Crippen molar-refractivity contribution in [2.45, 2.75) is 12.8 Å². The Bertz CT molecular complexity index is 799. The van der Waals surface area contributed by atoms with Crippen LogP contribution in [0.25, 0.3) is 0 Å². The molecule has 2 N–H and O–H groups in total. The van der Waals surface area contributed by atoms with Gasteiger partial charge in [0.25, 0.3) is 0 Å². The molecule has 0 spiro atoms. The van der Waals surface area contributed by atoms with E-state index < -0.39 is 11.3 Å². The van der Waals surface area contributed by atoms with Crippen molar-refractivity contribution in [1.29, 1.82) is 0 Å². The topological polar surface area (TPSA) is 58.2 Å². The lowest BCUT2D eigenvalue weighted by atomic mass is 10.0. The number of hydrogen-bond donors (Lipinski definition) is 2. The Morgan fingerprint density at radius 2 is 1.46 bits per heavy atom. The maximum Gasteiger partial charge on any atom is 0.240 e. The summed E-state index contributed by atoms with van der Waals surface area (Å²) < 4.78 is 0. The van der Waals surface area contributed by atoms with Gasteiger partial charge in [0.2, 0.25) is 11.8 Å². The zero-order valence-corrected chi connectivity index (χ0v) is 14.7. The SMILES string of the molecule is O=C(Nc1cccc(Cl)c1)C1(C(=O)Nc2c(Cl)cccc2Cl)CC1. The Labute approximate surface area is 154 Å². The summed E-state index contributed by atoms with van der Waals surface area (Å²) in [6.07, 6.45) is 0.931. The molecule has 124 valence electrons. The first-order valence-corrected chi connectivity index (χ1v) is 8.38. The highest BCUT2D eigenvalue weighted by molar-refractivity contribution is 6.40. The van der Waals surface area contributed by atoms with E-state index in [0.29, 0.717) is 39.3 Å². The van der Waals surface area contributed by atoms with Gasteiger partial charge in [-0.05, 0) is 43.2 Å². The second kappa shape index (κ2) is 6.63. The van der Waals surface area contributed by atoms with Gasteiger partial charge < -0.3 is 10.6 Å². The summed E-state index contributed by atoms with van der Waals surface area (Å²) in [6, 6.07) is 11.7. The van der Waals surface area contributed by atoms with E-state index in [1.54, 1.807) is 42.5 Å². The van der Waals surface area contributed by atoms with Gasteiger partial charge in [0.05, 0.1) is 15.7 Å². The van der Waals surface area contributed by atoms with Crippen LogP contribution in [0, 0.1) is 5.41 Å². The normalized spacial score (nSPS) is 14.8. The number of carbonyl (C=O) groups is 2. The van der Waals surface area contributed by atoms with Gasteiger partial charge in [-0.3, -0.25) is 9.59 Å². The maximum atomic E-state index is 12.6. The molecule has 4 nitrogen and oxygen atoms in total. The number of anilines is 2. The predicted octanol–water partition coefficient (Wildman–Crippen LogP) is 5.00. The van der Waals surface area contributed by atoms with Gasteiger partial charge in [0, 0.05) is 10.7 Å². The molecule has 2 aromatic rings. The molecule has 24 heavy (non-hydrogen) atoms. The van der Waals surface area contributed by atoms with E-state index in [-0.39, 0.29) is 5.91 Å². The second-order valence-corrected chi connectivity index (χ2v) is 6.85. The van der Waals surface area contributed by atoms with Gasteiger partial charge in [-0.25, -0.2) is 0 Å². The molecule has 0 aromatic heterocycles. The Balaban J connectivity index is 1.75. The molecule has 2 amide bonds. The third-order valence-electron chi connectivity index (χ3n) is 3.90. The van der Waals surface area contributed by atoms with E-state index in [0.717, 1.165) is 0 Å². The molecular weight excluding hydrogens is 371 g/mol. The van der Waals surface area contributed by atoms with Gasteiger partial charge in [-0.1, -0.05) is 46.9 Å². The number of carbonyl (C=O) groups excluding carboxylic acids is 2. The molecule has 0 unspecified atom stereocenters. The minimum absolute atomic E-state index is 0.313. The summed E-state index contributed by atoms with van der Waals surface area (Å²) in [7, 11) is 0. The molecule has 0 radical (unpaired) electrons. The fourth-order valence-electron chi connectivity index (χ4n) is 2.35. The Morgan fingerprint density at radius 1 is 0.875 bits per heavy atom. The highest BCUT2D eigenvalue weighted by Gasteiger charge is 2.56. The maximum absolute atomic E-state index is 12.6. The minimum atomic E-state index is -1.11. The lowest BCUT2D eigenvalue weighted by Crippen LogP contribution is -2.35. The Hall–Kier alpha value is -1.75.